The van der Waals surface area contributed by atoms with Crippen LogP contribution in [0.3, 0.4) is 0 Å². The Morgan fingerprint density at radius 2 is 1.44 bits per heavy atom. The van der Waals surface area contributed by atoms with Crippen molar-refractivity contribution in [1.29, 1.82) is 0 Å². The molecule has 1 aliphatic rings. The molecule has 4 rings (SSSR count). The molecule has 34 heavy (non-hydrogen) atoms. The number of para-hydroxylation sites is 3. The summed E-state index contributed by atoms with van der Waals surface area (Å²) in [6, 6.07) is 29.1. The van der Waals surface area contributed by atoms with Crippen LogP contribution < -0.4 is 9.80 Å². The van der Waals surface area contributed by atoms with Crippen LogP contribution in [-0.2, 0) is 0 Å². The number of allylic oxidation sites excluding steroid dienone is 4. The van der Waals surface area contributed by atoms with Crippen molar-refractivity contribution in [2.45, 2.75) is 6.04 Å². The van der Waals surface area contributed by atoms with Gasteiger partial charge in [0.2, 0.25) is 0 Å². The topological polar surface area (TPSA) is 6.48 Å². The summed E-state index contributed by atoms with van der Waals surface area (Å²) >= 11 is 7.50. The number of benzene rings is 3. The third kappa shape index (κ3) is 5.62. The summed E-state index contributed by atoms with van der Waals surface area (Å²) in [7, 11) is 0. The van der Waals surface area contributed by atoms with Gasteiger partial charge in [0.1, 0.15) is 0 Å². The maximum atomic E-state index is 5.67. The lowest BCUT2D eigenvalue weighted by Gasteiger charge is -2.33. The van der Waals surface area contributed by atoms with Gasteiger partial charge in [-0.1, -0.05) is 78.8 Å². The van der Waals surface area contributed by atoms with Gasteiger partial charge in [0.15, 0.2) is 0 Å². The van der Waals surface area contributed by atoms with Gasteiger partial charge in [-0.05, 0) is 74.3 Å². The van der Waals surface area contributed by atoms with Crippen LogP contribution in [0.1, 0.15) is 0 Å². The molecule has 0 N–H and O–H groups in total. The van der Waals surface area contributed by atoms with Crippen LogP contribution in [0, 0.1) is 12.3 Å². The maximum Gasteiger partial charge on any atom is 0.0712 e. The zero-order chi connectivity index (χ0) is 23.8. The largest absolute Gasteiger partial charge is 0.337 e. The first-order chi connectivity index (χ1) is 16.7. The highest BCUT2D eigenvalue weighted by atomic mass is 79.9. The normalized spacial score (nSPS) is 13.7. The Balaban J connectivity index is 1.82. The van der Waals surface area contributed by atoms with E-state index in [1.54, 1.807) is 6.08 Å². The molecule has 0 amide bonds. The minimum atomic E-state index is 0.0843. The van der Waals surface area contributed by atoms with Crippen molar-refractivity contribution in [3.8, 4) is 12.3 Å². The first-order valence-corrected chi connectivity index (χ1v) is 12.6. The van der Waals surface area contributed by atoms with Crippen molar-refractivity contribution in [3.05, 3.63) is 136 Å². The van der Waals surface area contributed by atoms with Crippen molar-refractivity contribution in [3.63, 3.8) is 0 Å². The molecule has 0 saturated carbocycles. The van der Waals surface area contributed by atoms with Gasteiger partial charge in [-0.2, -0.15) is 0 Å². The van der Waals surface area contributed by atoms with Crippen LogP contribution in [-0.4, -0.2) is 12.6 Å². The van der Waals surface area contributed by atoms with Crippen LogP contribution in [0.2, 0.25) is 0 Å². The van der Waals surface area contributed by atoms with Gasteiger partial charge in [-0.15, -0.1) is 6.42 Å². The predicted molar refractivity (Wildman–Crippen MR) is 153 cm³/mol. The molecule has 0 atom stereocenters. The van der Waals surface area contributed by atoms with Crippen LogP contribution in [0.15, 0.2) is 136 Å². The van der Waals surface area contributed by atoms with Gasteiger partial charge in [0.05, 0.1) is 17.4 Å². The van der Waals surface area contributed by atoms with Crippen LogP contribution in [0.5, 0.6) is 0 Å². The fourth-order valence-electron chi connectivity index (χ4n) is 3.91. The summed E-state index contributed by atoms with van der Waals surface area (Å²) in [5.74, 6) is 2.67. The number of halogens is 2. The molecule has 0 bridgehead atoms. The molecule has 0 fully saturated rings. The fraction of sp³-hybridized carbons (Fsp3) is 0.0667. The van der Waals surface area contributed by atoms with Gasteiger partial charge in [-0.25, -0.2) is 0 Å². The minimum Gasteiger partial charge on any atom is -0.337 e. The van der Waals surface area contributed by atoms with Gasteiger partial charge >= 0.3 is 0 Å². The summed E-state index contributed by atoms with van der Waals surface area (Å²) in [5.41, 5.74) is 4.28. The Labute approximate surface area is 218 Å². The monoisotopic (exact) mass is 570 g/mol. The standard InChI is InChI=1S/C30H24Br2N2/c1-2-13-27(31)30(34(26-18-9-10-19-26)25-16-7-4-8-17-25)22-23-33(24-14-5-3-6-15-24)29-21-12-11-20-28(29)32/h1,3-22,26H,23H2/b27-13+,30-22+. The lowest BCUT2D eigenvalue weighted by Crippen LogP contribution is -2.32. The highest BCUT2D eigenvalue weighted by molar-refractivity contribution is 9.12. The van der Waals surface area contributed by atoms with Crippen molar-refractivity contribution in [1.82, 2.24) is 0 Å². The molecule has 4 heteroatoms. The average Bonchev–Trinajstić information content (AvgIpc) is 3.40. The van der Waals surface area contributed by atoms with E-state index in [0.717, 1.165) is 31.7 Å². The van der Waals surface area contributed by atoms with Crippen molar-refractivity contribution in [2.75, 3.05) is 16.3 Å². The van der Waals surface area contributed by atoms with Crippen molar-refractivity contribution < 1.29 is 0 Å². The third-order valence-electron chi connectivity index (χ3n) is 5.45. The van der Waals surface area contributed by atoms with E-state index in [-0.39, 0.29) is 6.04 Å². The molecule has 0 unspecified atom stereocenters. The van der Waals surface area contributed by atoms with Gasteiger partial charge in [0, 0.05) is 33.0 Å². The van der Waals surface area contributed by atoms with Crippen LogP contribution in [0.25, 0.3) is 0 Å². The maximum absolute atomic E-state index is 5.67. The number of hydrogen-bond donors (Lipinski definition) is 0. The van der Waals surface area contributed by atoms with E-state index in [1.807, 2.05) is 18.2 Å². The summed E-state index contributed by atoms with van der Waals surface area (Å²) < 4.78 is 1.89. The molecular formula is C30H24Br2N2. The van der Waals surface area contributed by atoms with Gasteiger partial charge in [0.25, 0.3) is 0 Å². The van der Waals surface area contributed by atoms with Crippen molar-refractivity contribution in [2.24, 2.45) is 0 Å². The molecule has 0 aromatic heterocycles. The van der Waals surface area contributed by atoms with E-state index in [4.69, 9.17) is 6.42 Å². The van der Waals surface area contributed by atoms with E-state index >= 15 is 0 Å². The molecule has 168 valence electrons. The summed E-state index contributed by atoms with van der Waals surface area (Å²) in [5, 5.41) is 0. The Kier molecular flexibility index (Phi) is 8.25. The van der Waals surface area contributed by atoms with Crippen LogP contribution in [0.4, 0.5) is 17.1 Å². The SMILES string of the molecule is C#C/C=C(Br)\C(=C/CN(c1ccccc1)c1ccccc1Br)N(c1ccccc1)C1C=CC=C1. The van der Waals surface area contributed by atoms with E-state index < -0.39 is 0 Å². The number of terminal acetylenes is 1. The van der Waals surface area contributed by atoms with Gasteiger partial charge in [-0.3, -0.25) is 0 Å². The predicted octanol–water partition coefficient (Wildman–Crippen LogP) is 8.38. The number of anilines is 3. The Morgan fingerprint density at radius 3 is 2.06 bits per heavy atom. The summed E-state index contributed by atoms with van der Waals surface area (Å²) in [4.78, 5) is 4.57. The van der Waals surface area contributed by atoms with E-state index in [1.165, 1.54) is 0 Å². The molecule has 1 aliphatic carbocycles. The molecular weight excluding hydrogens is 548 g/mol. The smallest absolute Gasteiger partial charge is 0.0712 e. The molecule has 0 saturated heterocycles. The van der Waals surface area contributed by atoms with E-state index in [2.05, 4.69) is 145 Å². The summed E-state index contributed by atoms with van der Waals surface area (Å²) in [6.45, 7) is 0.638. The Morgan fingerprint density at radius 1 is 0.853 bits per heavy atom. The molecule has 2 nitrogen and oxygen atoms in total. The third-order valence-corrected chi connectivity index (χ3v) is 6.76. The average molecular weight is 572 g/mol. The first kappa shape index (κ1) is 23.9. The second kappa shape index (κ2) is 11.7. The Hall–Kier alpha value is -3.26. The highest BCUT2D eigenvalue weighted by Crippen LogP contribution is 2.34. The zero-order valence-corrected chi connectivity index (χ0v) is 21.7. The first-order valence-electron chi connectivity index (χ1n) is 11.0. The zero-order valence-electron chi connectivity index (χ0n) is 18.6. The lowest BCUT2D eigenvalue weighted by molar-refractivity contribution is 0.904. The van der Waals surface area contributed by atoms with Gasteiger partial charge < -0.3 is 9.80 Å². The molecule has 3 aromatic carbocycles. The lowest BCUT2D eigenvalue weighted by atomic mass is 10.1. The number of rotatable bonds is 8. The fourth-order valence-corrected chi connectivity index (χ4v) is 4.89. The quantitative estimate of drug-likeness (QED) is 0.198. The van der Waals surface area contributed by atoms with Crippen LogP contribution >= 0.6 is 31.9 Å². The second-order valence-corrected chi connectivity index (χ2v) is 9.32. The molecule has 0 aliphatic heterocycles. The summed E-state index contributed by atoms with van der Waals surface area (Å²) in [6.07, 6.45) is 18.2. The molecule has 0 spiro atoms. The Bertz CT molecular complexity index is 1260. The molecule has 0 heterocycles. The van der Waals surface area contributed by atoms with Crippen molar-refractivity contribution >= 4 is 48.9 Å². The highest BCUT2D eigenvalue weighted by Gasteiger charge is 2.22. The van der Waals surface area contributed by atoms with E-state index in [0.29, 0.717) is 6.54 Å². The number of hydrogen-bond acceptors (Lipinski definition) is 2. The van der Waals surface area contributed by atoms with E-state index in [9.17, 15) is 0 Å². The molecule has 3 aromatic rings. The number of nitrogens with zero attached hydrogens (tertiary/aromatic N) is 2. The molecule has 0 radical (unpaired) electrons. The minimum absolute atomic E-state index is 0.0843. The second-order valence-electron chi connectivity index (χ2n) is 7.61.